The Balaban J connectivity index is 1.67. The van der Waals surface area contributed by atoms with Gasteiger partial charge in [-0.05, 0) is 29.2 Å². The predicted molar refractivity (Wildman–Crippen MR) is 118 cm³/mol. The number of rotatable bonds is 6. The Bertz CT molecular complexity index is 1040. The molecule has 1 aliphatic rings. The zero-order valence-electron chi connectivity index (χ0n) is 17.5. The Morgan fingerprint density at radius 2 is 1.13 bits per heavy atom. The van der Waals surface area contributed by atoms with Crippen LogP contribution in [0.3, 0.4) is 0 Å². The fraction of sp³-hybridized carbons (Fsp3) is 0.192. The quantitative estimate of drug-likeness (QED) is 0.617. The molecular weight excluding hydrogens is 388 g/mol. The zero-order valence-corrected chi connectivity index (χ0v) is 17.5. The van der Waals surface area contributed by atoms with Crippen molar-refractivity contribution in [3.63, 3.8) is 0 Å². The number of imide groups is 1. The van der Waals surface area contributed by atoms with Crippen LogP contribution in [0.15, 0.2) is 84.9 Å². The van der Waals surface area contributed by atoms with E-state index in [0.717, 1.165) is 16.0 Å². The molecule has 3 amide bonds. The standard InChI is InChI=1S/C26H24N2O3/c1-17(2)23(28-25(30)20-15-9-10-16-21(20)26(28)31)24(29)27-22(18-11-5-3-6-12-18)19-13-7-4-8-14-19/h3-17,22-23H,1-2H3,(H,27,29). The summed E-state index contributed by atoms with van der Waals surface area (Å²) >= 11 is 0. The van der Waals surface area contributed by atoms with Crippen molar-refractivity contribution in [3.05, 3.63) is 107 Å². The van der Waals surface area contributed by atoms with E-state index in [-0.39, 0.29) is 11.8 Å². The maximum Gasteiger partial charge on any atom is 0.262 e. The van der Waals surface area contributed by atoms with Crippen molar-refractivity contribution >= 4 is 17.7 Å². The molecule has 5 nitrogen and oxygen atoms in total. The first kappa shape index (κ1) is 20.5. The van der Waals surface area contributed by atoms with Gasteiger partial charge in [-0.3, -0.25) is 19.3 Å². The van der Waals surface area contributed by atoms with Crippen molar-refractivity contribution in [2.75, 3.05) is 0 Å². The van der Waals surface area contributed by atoms with Gasteiger partial charge in [0.25, 0.3) is 11.8 Å². The second-order valence-electron chi connectivity index (χ2n) is 7.98. The van der Waals surface area contributed by atoms with Crippen molar-refractivity contribution in [2.24, 2.45) is 5.92 Å². The molecular formula is C26H24N2O3. The predicted octanol–water partition coefficient (Wildman–Crippen LogP) is 4.21. The number of benzene rings is 3. The SMILES string of the molecule is CC(C)C(C(=O)NC(c1ccccc1)c1ccccc1)N1C(=O)c2ccccc2C1=O. The van der Waals surface area contributed by atoms with Gasteiger partial charge in [-0.15, -0.1) is 0 Å². The molecule has 1 atom stereocenters. The Morgan fingerprint density at radius 1 is 0.710 bits per heavy atom. The van der Waals surface area contributed by atoms with Gasteiger partial charge in [-0.2, -0.15) is 0 Å². The lowest BCUT2D eigenvalue weighted by molar-refractivity contribution is -0.126. The highest BCUT2D eigenvalue weighted by atomic mass is 16.2. The van der Waals surface area contributed by atoms with Crippen LogP contribution in [0.1, 0.15) is 51.7 Å². The van der Waals surface area contributed by atoms with Crippen LogP contribution in [0.25, 0.3) is 0 Å². The highest BCUT2D eigenvalue weighted by molar-refractivity contribution is 6.22. The molecule has 0 spiro atoms. The molecule has 0 bridgehead atoms. The highest BCUT2D eigenvalue weighted by Crippen LogP contribution is 2.28. The molecule has 0 saturated heterocycles. The lowest BCUT2D eigenvalue weighted by Crippen LogP contribution is -2.53. The molecule has 1 unspecified atom stereocenters. The van der Waals surface area contributed by atoms with Crippen molar-refractivity contribution in [1.82, 2.24) is 10.2 Å². The van der Waals surface area contributed by atoms with E-state index in [1.165, 1.54) is 0 Å². The van der Waals surface area contributed by atoms with Gasteiger partial charge < -0.3 is 5.32 Å². The van der Waals surface area contributed by atoms with Crippen molar-refractivity contribution in [2.45, 2.75) is 25.9 Å². The zero-order chi connectivity index (χ0) is 22.0. The highest BCUT2D eigenvalue weighted by Gasteiger charge is 2.44. The van der Waals surface area contributed by atoms with Gasteiger partial charge in [0.05, 0.1) is 17.2 Å². The first-order chi connectivity index (χ1) is 15.0. The van der Waals surface area contributed by atoms with Crippen molar-refractivity contribution < 1.29 is 14.4 Å². The van der Waals surface area contributed by atoms with Crippen LogP contribution in [-0.2, 0) is 4.79 Å². The van der Waals surface area contributed by atoms with Crippen molar-refractivity contribution in [3.8, 4) is 0 Å². The molecule has 4 rings (SSSR count). The van der Waals surface area contributed by atoms with E-state index in [2.05, 4.69) is 5.32 Å². The average molecular weight is 412 g/mol. The number of fused-ring (bicyclic) bond motifs is 1. The fourth-order valence-electron chi connectivity index (χ4n) is 4.06. The molecule has 0 saturated carbocycles. The Labute approximate surface area is 181 Å². The third kappa shape index (κ3) is 3.87. The molecule has 0 aromatic heterocycles. The smallest absolute Gasteiger partial charge is 0.262 e. The molecule has 0 radical (unpaired) electrons. The minimum absolute atomic E-state index is 0.255. The van der Waals surface area contributed by atoms with Gasteiger partial charge in [0, 0.05) is 0 Å². The number of hydrogen-bond acceptors (Lipinski definition) is 3. The summed E-state index contributed by atoms with van der Waals surface area (Å²) in [6.07, 6.45) is 0. The number of carbonyl (C=O) groups is 3. The van der Waals surface area contributed by atoms with E-state index in [9.17, 15) is 14.4 Å². The van der Waals surface area contributed by atoms with E-state index in [1.54, 1.807) is 24.3 Å². The number of hydrogen-bond donors (Lipinski definition) is 1. The maximum atomic E-state index is 13.5. The van der Waals surface area contributed by atoms with Gasteiger partial charge in [0.1, 0.15) is 6.04 Å². The van der Waals surface area contributed by atoms with E-state index in [4.69, 9.17) is 0 Å². The van der Waals surface area contributed by atoms with Gasteiger partial charge in [0.2, 0.25) is 5.91 Å². The lowest BCUT2D eigenvalue weighted by Gasteiger charge is -2.30. The van der Waals surface area contributed by atoms with Crippen LogP contribution < -0.4 is 5.32 Å². The van der Waals surface area contributed by atoms with E-state index < -0.39 is 23.9 Å². The second kappa shape index (κ2) is 8.56. The molecule has 5 heteroatoms. The molecule has 1 aliphatic heterocycles. The third-order valence-electron chi connectivity index (χ3n) is 5.56. The van der Waals surface area contributed by atoms with Crippen LogP contribution >= 0.6 is 0 Å². The minimum atomic E-state index is -0.915. The lowest BCUT2D eigenvalue weighted by atomic mass is 9.96. The summed E-state index contributed by atoms with van der Waals surface area (Å²) in [5.41, 5.74) is 2.53. The molecule has 3 aromatic carbocycles. The first-order valence-corrected chi connectivity index (χ1v) is 10.4. The average Bonchev–Trinajstić information content (AvgIpc) is 3.04. The van der Waals surface area contributed by atoms with Crippen LogP contribution in [0.4, 0.5) is 0 Å². The molecule has 0 fully saturated rings. The van der Waals surface area contributed by atoms with Gasteiger partial charge in [-0.1, -0.05) is 86.6 Å². The Morgan fingerprint density at radius 3 is 1.55 bits per heavy atom. The Hall–Kier alpha value is -3.73. The first-order valence-electron chi connectivity index (χ1n) is 10.4. The van der Waals surface area contributed by atoms with Gasteiger partial charge >= 0.3 is 0 Å². The molecule has 1 N–H and O–H groups in total. The summed E-state index contributed by atoms with van der Waals surface area (Å²) in [6.45, 7) is 3.68. The third-order valence-corrected chi connectivity index (χ3v) is 5.56. The maximum absolute atomic E-state index is 13.5. The summed E-state index contributed by atoms with van der Waals surface area (Å²) in [5, 5.41) is 3.09. The molecule has 156 valence electrons. The number of nitrogens with zero attached hydrogens (tertiary/aromatic N) is 1. The van der Waals surface area contributed by atoms with Crippen LogP contribution in [0.2, 0.25) is 0 Å². The summed E-state index contributed by atoms with van der Waals surface area (Å²) in [5.74, 6) is -1.47. The summed E-state index contributed by atoms with van der Waals surface area (Å²) in [7, 11) is 0. The number of nitrogens with one attached hydrogen (secondary N) is 1. The molecule has 0 aliphatic carbocycles. The Kier molecular flexibility index (Phi) is 5.67. The molecule has 3 aromatic rings. The molecule has 1 heterocycles. The second-order valence-corrected chi connectivity index (χ2v) is 7.98. The van der Waals surface area contributed by atoms with Crippen LogP contribution in [-0.4, -0.2) is 28.7 Å². The number of carbonyl (C=O) groups excluding carboxylic acids is 3. The van der Waals surface area contributed by atoms with E-state index in [1.807, 2.05) is 74.5 Å². The largest absolute Gasteiger partial charge is 0.343 e. The topological polar surface area (TPSA) is 66.5 Å². The van der Waals surface area contributed by atoms with E-state index >= 15 is 0 Å². The summed E-state index contributed by atoms with van der Waals surface area (Å²) < 4.78 is 0. The van der Waals surface area contributed by atoms with Gasteiger partial charge in [-0.25, -0.2) is 0 Å². The normalized spacial score (nSPS) is 14.1. The minimum Gasteiger partial charge on any atom is -0.343 e. The van der Waals surface area contributed by atoms with E-state index in [0.29, 0.717) is 11.1 Å². The summed E-state index contributed by atoms with van der Waals surface area (Å²) in [6, 6.07) is 24.7. The van der Waals surface area contributed by atoms with Gasteiger partial charge in [0.15, 0.2) is 0 Å². The monoisotopic (exact) mass is 412 g/mol. The number of amides is 3. The van der Waals surface area contributed by atoms with Crippen molar-refractivity contribution in [1.29, 1.82) is 0 Å². The van der Waals surface area contributed by atoms with Crippen LogP contribution in [0, 0.1) is 5.92 Å². The summed E-state index contributed by atoms with van der Waals surface area (Å²) in [4.78, 5) is 40.6. The molecule has 31 heavy (non-hydrogen) atoms. The fourth-order valence-corrected chi connectivity index (χ4v) is 4.06. The van der Waals surface area contributed by atoms with Crippen LogP contribution in [0.5, 0.6) is 0 Å².